The van der Waals surface area contributed by atoms with E-state index < -0.39 is 9.84 Å². The van der Waals surface area contributed by atoms with Gasteiger partial charge in [0.2, 0.25) is 5.91 Å². The monoisotopic (exact) mass is 310 g/mol. The summed E-state index contributed by atoms with van der Waals surface area (Å²) in [5, 5.41) is 0. The van der Waals surface area contributed by atoms with Crippen molar-refractivity contribution in [3.05, 3.63) is 35.9 Å². The Labute approximate surface area is 126 Å². The van der Waals surface area contributed by atoms with E-state index in [1.54, 1.807) is 18.7 Å². The molecule has 1 aromatic carbocycles. The molecule has 2 N–H and O–H groups in total. The first-order chi connectivity index (χ1) is 9.82. The van der Waals surface area contributed by atoms with Crippen LogP contribution in [0.5, 0.6) is 0 Å². The molecule has 3 unspecified atom stereocenters. The molecule has 1 amide bonds. The Bertz CT molecular complexity index is 601. The molecular formula is C15H22N2O3S. The molecule has 0 aliphatic carbocycles. The minimum atomic E-state index is -3.02. The quantitative estimate of drug-likeness (QED) is 0.902. The molecule has 116 valence electrons. The van der Waals surface area contributed by atoms with Gasteiger partial charge < -0.3 is 10.6 Å². The van der Waals surface area contributed by atoms with Crippen LogP contribution in [0, 0.1) is 5.92 Å². The fourth-order valence-corrected chi connectivity index (χ4v) is 4.26. The average molecular weight is 310 g/mol. The van der Waals surface area contributed by atoms with E-state index in [0.717, 1.165) is 5.56 Å². The third-order valence-corrected chi connectivity index (χ3v) is 5.86. The minimum absolute atomic E-state index is 0.0338. The predicted molar refractivity (Wildman–Crippen MR) is 82.4 cm³/mol. The molecule has 0 aromatic heterocycles. The molecule has 3 atom stereocenters. The summed E-state index contributed by atoms with van der Waals surface area (Å²) in [5.74, 6) is -0.382. The molecule has 1 aliphatic heterocycles. The summed E-state index contributed by atoms with van der Waals surface area (Å²) < 4.78 is 23.2. The number of benzene rings is 1. The highest BCUT2D eigenvalue weighted by atomic mass is 32.2. The summed E-state index contributed by atoms with van der Waals surface area (Å²) in [6.07, 6.45) is 0. The van der Waals surface area contributed by atoms with Gasteiger partial charge in [-0.25, -0.2) is 8.42 Å². The first kappa shape index (κ1) is 16.0. The van der Waals surface area contributed by atoms with E-state index in [-0.39, 0.29) is 42.0 Å². The number of amides is 1. The minimum Gasteiger partial charge on any atom is -0.338 e. The Balaban J connectivity index is 2.09. The Hall–Kier alpha value is -1.40. The van der Waals surface area contributed by atoms with Crippen molar-refractivity contribution in [3.8, 4) is 0 Å². The topological polar surface area (TPSA) is 80.5 Å². The van der Waals surface area contributed by atoms with Gasteiger partial charge in [0.05, 0.1) is 17.4 Å². The van der Waals surface area contributed by atoms with Gasteiger partial charge in [0.15, 0.2) is 9.84 Å². The van der Waals surface area contributed by atoms with Crippen LogP contribution in [0.4, 0.5) is 0 Å². The molecule has 21 heavy (non-hydrogen) atoms. The molecule has 0 radical (unpaired) electrons. The molecule has 1 aromatic rings. The normalized spacial score (nSPS) is 24.3. The van der Waals surface area contributed by atoms with Gasteiger partial charge in [-0.3, -0.25) is 4.79 Å². The maximum atomic E-state index is 12.6. The summed E-state index contributed by atoms with van der Waals surface area (Å²) in [7, 11) is -3.02. The van der Waals surface area contributed by atoms with Crippen molar-refractivity contribution in [1.82, 2.24) is 4.90 Å². The largest absolute Gasteiger partial charge is 0.338 e. The summed E-state index contributed by atoms with van der Waals surface area (Å²) in [4.78, 5) is 14.2. The standard InChI is InChI=1S/C15H22N2O3S/c1-11-10-21(19,20)9-8-17(11)15(18)12(2)14(16)13-6-4-3-5-7-13/h3-7,11-12,14H,8-10,16H2,1-2H3. The second-order valence-electron chi connectivity index (χ2n) is 5.72. The molecule has 0 spiro atoms. The van der Waals surface area contributed by atoms with Crippen LogP contribution in [0.3, 0.4) is 0 Å². The van der Waals surface area contributed by atoms with E-state index in [9.17, 15) is 13.2 Å². The SMILES string of the molecule is CC(C(=O)N1CCS(=O)(=O)CC1C)C(N)c1ccccc1. The lowest BCUT2D eigenvalue weighted by Gasteiger charge is -2.36. The third-order valence-electron chi connectivity index (χ3n) is 4.07. The van der Waals surface area contributed by atoms with Crippen molar-refractivity contribution in [3.63, 3.8) is 0 Å². The number of carbonyl (C=O) groups excluding carboxylic acids is 1. The van der Waals surface area contributed by atoms with Crippen LogP contribution in [0.2, 0.25) is 0 Å². The van der Waals surface area contributed by atoms with Crippen molar-refractivity contribution in [2.24, 2.45) is 11.7 Å². The van der Waals surface area contributed by atoms with E-state index in [1.165, 1.54) is 0 Å². The zero-order chi connectivity index (χ0) is 15.6. The smallest absolute Gasteiger partial charge is 0.227 e. The zero-order valence-electron chi connectivity index (χ0n) is 12.4. The van der Waals surface area contributed by atoms with E-state index >= 15 is 0 Å². The van der Waals surface area contributed by atoms with Crippen molar-refractivity contribution < 1.29 is 13.2 Å². The maximum absolute atomic E-state index is 12.6. The molecule has 1 aliphatic rings. The lowest BCUT2D eigenvalue weighted by molar-refractivity contribution is -0.137. The molecular weight excluding hydrogens is 288 g/mol. The third kappa shape index (κ3) is 3.63. The number of nitrogens with zero attached hydrogens (tertiary/aromatic N) is 1. The lowest BCUT2D eigenvalue weighted by atomic mass is 9.94. The molecule has 1 heterocycles. The molecule has 2 rings (SSSR count). The average Bonchev–Trinajstić information content (AvgIpc) is 2.45. The maximum Gasteiger partial charge on any atom is 0.227 e. The van der Waals surface area contributed by atoms with Crippen LogP contribution in [-0.4, -0.2) is 43.3 Å². The highest BCUT2D eigenvalue weighted by Gasteiger charge is 2.35. The highest BCUT2D eigenvalue weighted by Crippen LogP contribution is 2.23. The molecule has 6 heteroatoms. The molecule has 0 bridgehead atoms. The second kappa shape index (κ2) is 6.15. The second-order valence-corrected chi connectivity index (χ2v) is 7.95. The number of hydrogen-bond acceptors (Lipinski definition) is 4. The van der Waals surface area contributed by atoms with Crippen molar-refractivity contribution in [2.45, 2.75) is 25.9 Å². The first-order valence-corrected chi connectivity index (χ1v) is 8.95. The highest BCUT2D eigenvalue weighted by molar-refractivity contribution is 7.91. The van der Waals surface area contributed by atoms with Gasteiger partial charge >= 0.3 is 0 Å². The van der Waals surface area contributed by atoms with E-state index in [2.05, 4.69) is 0 Å². The number of hydrogen-bond donors (Lipinski definition) is 1. The van der Waals surface area contributed by atoms with Gasteiger partial charge in [-0.2, -0.15) is 0 Å². The molecule has 1 saturated heterocycles. The van der Waals surface area contributed by atoms with E-state index in [0.29, 0.717) is 0 Å². The number of carbonyl (C=O) groups is 1. The van der Waals surface area contributed by atoms with Crippen LogP contribution in [0.25, 0.3) is 0 Å². The van der Waals surface area contributed by atoms with Gasteiger partial charge in [-0.05, 0) is 12.5 Å². The number of nitrogens with two attached hydrogens (primary N) is 1. The Morgan fingerprint density at radius 3 is 2.52 bits per heavy atom. The summed E-state index contributed by atoms with van der Waals surface area (Å²) >= 11 is 0. The van der Waals surface area contributed by atoms with Gasteiger partial charge in [-0.1, -0.05) is 37.3 Å². The fraction of sp³-hybridized carbons (Fsp3) is 0.533. The van der Waals surface area contributed by atoms with E-state index in [4.69, 9.17) is 5.73 Å². The van der Waals surface area contributed by atoms with Gasteiger partial charge in [0.1, 0.15) is 0 Å². The summed E-state index contributed by atoms with van der Waals surface area (Å²) in [6, 6.07) is 8.81. The Kier molecular flexibility index (Phi) is 4.68. The molecule has 1 fully saturated rings. The predicted octanol–water partition coefficient (Wildman–Crippen LogP) is 0.968. The van der Waals surface area contributed by atoms with Crippen LogP contribution in [0.15, 0.2) is 30.3 Å². The summed E-state index contributed by atoms with van der Waals surface area (Å²) in [5.41, 5.74) is 7.09. The van der Waals surface area contributed by atoms with Gasteiger partial charge in [0.25, 0.3) is 0 Å². The van der Waals surface area contributed by atoms with Crippen molar-refractivity contribution >= 4 is 15.7 Å². The van der Waals surface area contributed by atoms with Crippen LogP contribution in [0.1, 0.15) is 25.5 Å². The fourth-order valence-electron chi connectivity index (χ4n) is 2.71. The Morgan fingerprint density at radius 1 is 1.33 bits per heavy atom. The summed E-state index contributed by atoms with van der Waals surface area (Å²) in [6.45, 7) is 3.83. The van der Waals surface area contributed by atoms with E-state index in [1.807, 2.05) is 30.3 Å². The van der Waals surface area contributed by atoms with Gasteiger partial charge in [-0.15, -0.1) is 0 Å². The number of rotatable bonds is 3. The van der Waals surface area contributed by atoms with Crippen LogP contribution < -0.4 is 5.73 Å². The molecule has 0 saturated carbocycles. The lowest BCUT2D eigenvalue weighted by Crippen LogP contribution is -2.52. The van der Waals surface area contributed by atoms with Crippen molar-refractivity contribution in [1.29, 1.82) is 0 Å². The van der Waals surface area contributed by atoms with Gasteiger partial charge in [0, 0.05) is 18.6 Å². The van der Waals surface area contributed by atoms with Crippen LogP contribution >= 0.6 is 0 Å². The van der Waals surface area contributed by atoms with Crippen LogP contribution in [-0.2, 0) is 14.6 Å². The zero-order valence-corrected chi connectivity index (χ0v) is 13.2. The Morgan fingerprint density at radius 2 is 1.95 bits per heavy atom. The number of sulfone groups is 1. The molecule has 5 nitrogen and oxygen atoms in total. The first-order valence-electron chi connectivity index (χ1n) is 7.13. The van der Waals surface area contributed by atoms with Crippen molar-refractivity contribution in [2.75, 3.05) is 18.1 Å².